The smallest absolute Gasteiger partial charge is 0.259 e. The Morgan fingerprint density at radius 2 is 2.00 bits per heavy atom. The third kappa shape index (κ3) is 3.29. The molecule has 134 valence electrons. The molecule has 0 spiro atoms. The monoisotopic (exact) mass is 341 g/mol. The normalized spacial score (nSPS) is 17.9. The summed E-state index contributed by atoms with van der Waals surface area (Å²) in [6, 6.07) is 2.41. The number of carbonyl (C=O) groups is 1. The maximum Gasteiger partial charge on any atom is 0.259 e. The van der Waals surface area contributed by atoms with Gasteiger partial charge in [-0.05, 0) is 50.5 Å². The maximum atomic E-state index is 13.3. The third-order valence-corrected chi connectivity index (χ3v) is 5.05. The number of fused-ring (bicyclic) bond motifs is 1. The first-order valence-corrected chi connectivity index (χ1v) is 9.47. The van der Waals surface area contributed by atoms with Gasteiger partial charge >= 0.3 is 0 Å². The summed E-state index contributed by atoms with van der Waals surface area (Å²) in [6.07, 6.45) is 5.29. The molecule has 5 nitrogen and oxygen atoms in total. The highest BCUT2D eigenvalue weighted by Gasteiger charge is 2.35. The highest BCUT2D eigenvalue weighted by Crippen LogP contribution is 2.41. The molecule has 2 aliphatic rings. The molecule has 0 unspecified atom stereocenters. The molecule has 2 aromatic heterocycles. The fraction of sp³-hybridized carbons (Fsp3) is 0.650. The molecule has 2 aliphatic carbocycles. The van der Waals surface area contributed by atoms with Gasteiger partial charge in [0.25, 0.3) is 11.6 Å². The van der Waals surface area contributed by atoms with E-state index in [1.54, 1.807) is 0 Å². The highest BCUT2D eigenvalue weighted by molar-refractivity contribution is 6.06. The molecule has 0 aliphatic heterocycles. The van der Waals surface area contributed by atoms with Crippen LogP contribution in [0.2, 0.25) is 0 Å². The molecule has 0 radical (unpaired) electrons. The summed E-state index contributed by atoms with van der Waals surface area (Å²) in [5.41, 5.74) is 3.17. The first-order valence-electron chi connectivity index (χ1n) is 9.47. The molecule has 2 saturated carbocycles. The van der Waals surface area contributed by atoms with Crippen LogP contribution in [0.15, 0.2) is 10.6 Å². The minimum absolute atomic E-state index is 0.0697. The van der Waals surface area contributed by atoms with Gasteiger partial charge in [-0.2, -0.15) is 0 Å². The van der Waals surface area contributed by atoms with Crippen molar-refractivity contribution >= 4 is 17.0 Å². The van der Waals surface area contributed by atoms with Gasteiger partial charge in [-0.25, -0.2) is 4.98 Å². The summed E-state index contributed by atoms with van der Waals surface area (Å²) in [6.45, 7) is 9.31. The summed E-state index contributed by atoms with van der Waals surface area (Å²) in [4.78, 5) is 20.0. The number of hydrogen-bond acceptors (Lipinski definition) is 4. The van der Waals surface area contributed by atoms with Gasteiger partial charge in [0, 0.05) is 24.2 Å². The zero-order chi connectivity index (χ0) is 17.8. The number of pyridine rings is 1. The molecule has 0 bridgehead atoms. The van der Waals surface area contributed by atoms with E-state index in [1.165, 1.54) is 0 Å². The fourth-order valence-corrected chi connectivity index (χ4v) is 3.52. The number of hydrogen-bond donors (Lipinski definition) is 0. The van der Waals surface area contributed by atoms with Crippen molar-refractivity contribution in [2.45, 2.75) is 71.8 Å². The Labute approximate surface area is 148 Å². The summed E-state index contributed by atoms with van der Waals surface area (Å²) in [7, 11) is 0. The van der Waals surface area contributed by atoms with E-state index in [4.69, 9.17) is 4.52 Å². The number of aromatic nitrogens is 2. The number of rotatable bonds is 5. The predicted octanol–water partition coefficient (Wildman–Crippen LogP) is 4.31. The van der Waals surface area contributed by atoms with E-state index in [2.05, 4.69) is 37.8 Å². The van der Waals surface area contributed by atoms with Gasteiger partial charge in [0.05, 0.1) is 16.6 Å². The number of carbonyl (C=O) groups excluding carboxylic acids is 1. The quantitative estimate of drug-likeness (QED) is 0.813. The molecule has 0 N–H and O–H groups in total. The van der Waals surface area contributed by atoms with Crippen LogP contribution in [0.5, 0.6) is 0 Å². The van der Waals surface area contributed by atoms with Crippen LogP contribution in [0.3, 0.4) is 0 Å². The fourth-order valence-electron chi connectivity index (χ4n) is 3.52. The highest BCUT2D eigenvalue weighted by atomic mass is 16.5. The van der Waals surface area contributed by atoms with E-state index in [9.17, 15) is 4.79 Å². The van der Waals surface area contributed by atoms with Crippen molar-refractivity contribution in [2.24, 2.45) is 5.41 Å². The molecule has 2 fully saturated rings. The van der Waals surface area contributed by atoms with E-state index >= 15 is 0 Å². The molecule has 0 saturated heterocycles. The first kappa shape index (κ1) is 16.6. The van der Waals surface area contributed by atoms with Gasteiger partial charge < -0.3 is 9.42 Å². The Kier molecular flexibility index (Phi) is 3.85. The van der Waals surface area contributed by atoms with E-state index in [0.29, 0.717) is 17.7 Å². The van der Waals surface area contributed by atoms with Gasteiger partial charge in [-0.3, -0.25) is 4.79 Å². The summed E-state index contributed by atoms with van der Waals surface area (Å²) in [5, 5.41) is 5.10. The van der Waals surface area contributed by atoms with Crippen molar-refractivity contribution in [1.29, 1.82) is 0 Å². The third-order valence-electron chi connectivity index (χ3n) is 5.05. The van der Waals surface area contributed by atoms with Crippen LogP contribution < -0.4 is 0 Å². The molecule has 2 aromatic rings. The van der Waals surface area contributed by atoms with Crippen LogP contribution in [-0.2, 0) is 6.42 Å². The van der Waals surface area contributed by atoms with Crippen molar-refractivity contribution < 1.29 is 9.32 Å². The van der Waals surface area contributed by atoms with E-state index < -0.39 is 0 Å². The van der Waals surface area contributed by atoms with E-state index in [1.807, 2.05) is 11.0 Å². The zero-order valence-electron chi connectivity index (χ0n) is 15.6. The van der Waals surface area contributed by atoms with Gasteiger partial charge in [0.2, 0.25) is 0 Å². The Morgan fingerprint density at radius 1 is 1.28 bits per heavy atom. The van der Waals surface area contributed by atoms with E-state index in [-0.39, 0.29) is 11.3 Å². The minimum Gasteiger partial charge on any atom is -0.336 e. The van der Waals surface area contributed by atoms with Gasteiger partial charge in [-0.15, -0.1) is 0 Å². The van der Waals surface area contributed by atoms with Crippen molar-refractivity contribution in [3.05, 3.63) is 23.0 Å². The minimum atomic E-state index is 0.0697. The molecule has 5 heteroatoms. The zero-order valence-corrected chi connectivity index (χ0v) is 15.6. The molecule has 1 amide bonds. The van der Waals surface area contributed by atoms with Crippen molar-refractivity contribution in [3.8, 4) is 0 Å². The van der Waals surface area contributed by atoms with Crippen LogP contribution in [0.4, 0.5) is 0 Å². The summed E-state index contributed by atoms with van der Waals surface area (Å²) >= 11 is 0. The van der Waals surface area contributed by atoms with Gasteiger partial charge in [0.15, 0.2) is 0 Å². The topological polar surface area (TPSA) is 59.2 Å². The Morgan fingerprint density at radius 3 is 2.56 bits per heavy atom. The maximum absolute atomic E-state index is 13.3. The van der Waals surface area contributed by atoms with Crippen LogP contribution >= 0.6 is 0 Å². The lowest BCUT2D eigenvalue weighted by Crippen LogP contribution is -2.33. The van der Waals surface area contributed by atoms with E-state index in [0.717, 1.165) is 61.0 Å². The standard InChI is InChI=1S/C20H27N3O2/c1-5-23(13-8-9-13)19(24)14-10-15(12-6-7-12)21-18-17(14)16(22-25-18)11-20(2,3)4/h10,12-13H,5-9,11H2,1-4H3. The average Bonchev–Trinajstić information content (AvgIpc) is 3.44. The Bertz CT molecular complexity index is 810. The lowest BCUT2D eigenvalue weighted by atomic mass is 9.89. The molecular weight excluding hydrogens is 314 g/mol. The summed E-state index contributed by atoms with van der Waals surface area (Å²) < 4.78 is 5.56. The molecule has 0 aromatic carbocycles. The Hall–Kier alpha value is -1.91. The van der Waals surface area contributed by atoms with Crippen LogP contribution in [0, 0.1) is 5.41 Å². The lowest BCUT2D eigenvalue weighted by Gasteiger charge is -2.21. The average molecular weight is 341 g/mol. The molecule has 0 atom stereocenters. The lowest BCUT2D eigenvalue weighted by molar-refractivity contribution is 0.0754. The molecule has 25 heavy (non-hydrogen) atoms. The van der Waals surface area contributed by atoms with Crippen molar-refractivity contribution in [2.75, 3.05) is 6.54 Å². The first-order chi connectivity index (χ1) is 11.9. The predicted molar refractivity (Wildman–Crippen MR) is 96.7 cm³/mol. The number of nitrogens with zero attached hydrogens (tertiary/aromatic N) is 3. The summed E-state index contributed by atoms with van der Waals surface area (Å²) in [5.74, 6) is 0.584. The molecule has 4 rings (SSSR count). The van der Waals surface area contributed by atoms with Crippen molar-refractivity contribution in [1.82, 2.24) is 15.0 Å². The second-order valence-electron chi connectivity index (χ2n) is 8.74. The van der Waals surface area contributed by atoms with Crippen LogP contribution in [0.25, 0.3) is 11.1 Å². The second-order valence-corrected chi connectivity index (χ2v) is 8.74. The van der Waals surface area contributed by atoms with Gasteiger partial charge in [-0.1, -0.05) is 25.9 Å². The Balaban J connectivity index is 1.83. The van der Waals surface area contributed by atoms with Crippen molar-refractivity contribution in [3.63, 3.8) is 0 Å². The molecular formula is C20H27N3O2. The molecule has 2 heterocycles. The SMILES string of the molecule is CCN(C(=O)c1cc(C2CC2)nc2onc(CC(C)(C)C)c12)C1CC1. The van der Waals surface area contributed by atoms with Crippen LogP contribution in [-0.4, -0.2) is 33.5 Å². The largest absolute Gasteiger partial charge is 0.336 e. The second kappa shape index (κ2) is 5.82. The number of amides is 1. The van der Waals surface area contributed by atoms with Crippen LogP contribution in [0.1, 0.15) is 81.0 Å². The van der Waals surface area contributed by atoms with Gasteiger partial charge in [0.1, 0.15) is 0 Å².